The summed E-state index contributed by atoms with van der Waals surface area (Å²) >= 11 is 25.3. The van der Waals surface area contributed by atoms with E-state index in [0.29, 0.717) is 55.2 Å². The number of hydrogen-bond acceptors (Lipinski definition) is 9. The summed E-state index contributed by atoms with van der Waals surface area (Å²) in [4.78, 5) is 63.2. The molecule has 3 aromatic heterocycles. The number of amides is 4. The van der Waals surface area contributed by atoms with Crippen molar-refractivity contribution in [3.63, 3.8) is 0 Å². The van der Waals surface area contributed by atoms with Gasteiger partial charge < -0.3 is 21.3 Å². The first-order chi connectivity index (χ1) is 33.6. The lowest BCUT2D eigenvalue weighted by Crippen LogP contribution is -2.23. The van der Waals surface area contributed by atoms with Crippen LogP contribution in [-0.4, -0.2) is 53.3 Å². The summed E-state index contributed by atoms with van der Waals surface area (Å²) in [6, 6.07) is 42.0. The van der Waals surface area contributed by atoms with E-state index in [-0.39, 0.29) is 51.0 Å². The average Bonchev–Trinajstić information content (AvgIpc) is 3.36. The first kappa shape index (κ1) is 50.4. The fourth-order valence-corrected chi connectivity index (χ4v) is 8.26. The van der Waals surface area contributed by atoms with Gasteiger partial charge in [-0.1, -0.05) is 82.8 Å². The molecule has 13 nitrogen and oxygen atoms in total. The van der Waals surface area contributed by atoms with Gasteiger partial charge in [-0.05, 0) is 126 Å². The lowest BCUT2D eigenvalue weighted by atomic mass is 10.1. The van der Waals surface area contributed by atoms with Crippen LogP contribution in [0.3, 0.4) is 0 Å². The van der Waals surface area contributed by atoms with Crippen LogP contribution in [0.1, 0.15) is 52.7 Å². The molecule has 0 fully saturated rings. The molecule has 0 aliphatic rings. The molecule has 0 saturated carbocycles. The fraction of sp³-hybridized carbons (Fsp3) is 0.0577. The first-order valence-corrected chi connectivity index (χ1v) is 24.4. The van der Waals surface area contributed by atoms with Crippen molar-refractivity contribution in [1.29, 1.82) is 0 Å². The molecule has 3 heterocycles. The average molecular weight is 1030 g/mol. The Kier molecular flexibility index (Phi) is 16.7. The Hall–Kier alpha value is -7.46. The lowest BCUT2D eigenvalue weighted by Gasteiger charge is -2.11. The summed E-state index contributed by atoms with van der Waals surface area (Å²) in [7, 11) is -3.29. The maximum Gasteiger partial charge on any atom is 0.270 e. The number of sulfone groups is 1. The van der Waals surface area contributed by atoms with Crippen molar-refractivity contribution in [2.75, 3.05) is 16.9 Å². The summed E-state index contributed by atoms with van der Waals surface area (Å²) in [5.74, 6) is -1.49. The fourth-order valence-electron chi connectivity index (χ4n) is 6.64. The summed E-state index contributed by atoms with van der Waals surface area (Å²) in [5.41, 5.74) is 6.42. The highest BCUT2D eigenvalue weighted by Crippen LogP contribution is 2.31. The number of carbonyl (C=O) groups excluding carboxylic acids is 4. The zero-order chi connectivity index (χ0) is 49.8. The molecule has 8 rings (SSSR count). The van der Waals surface area contributed by atoms with Crippen molar-refractivity contribution in [2.24, 2.45) is 0 Å². The Balaban J connectivity index is 0.000000208. The monoisotopic (exact) mass is 1030 g/mol. The van der Waals surface area contributed by atoms with Crippen LogP contribution in [0.2, 0.25) is 20.1 Å². The van der Waals surface area contributed by atoms with Gasteiger partial charge in [-0.15, -0.1) is 0 Å². The molecule has 0 unspecified atom stereocenters. The molecule has 0 radical (unpaired) electrons. The van der Waals surface area contributed by atoms with E-state index < -0.39 is 21.7 Å². The number of aromatic nitrogens is 3. The molecular weight excluding hydrogens is 992 g/mol. The van der Waals surface area contributed by atoms with Crippen molar-refractivity contribution >= 4 is 91.2 Å². The van der Waals surface area contributed by atoms with E-state index in [4.69, 9.17) is 46.4 Å². The smallest absolute Gasteiger partial charge is 0.270 e. The van der Waals surface area contributed by atoms with Crippen LogP contribution < -0.4 is 21.3 Å². The third kappa shape index (κ3) is 13.4. The minimum Gasteiger partial charge on any atom is -0.348 e. The number of nitrogens with one attached hydrogen (secondary N) is 4. The summed E-state index contributed by atoms with van der Waals surface area (Å²) in [6.07, 6.45) is 6.02. The number of anilines is 2. The van der Waals surface area contributed by atoms with Crippen molar-refractivity contribution in [3.8, 4) is 22.5 Å². The Morgan fingerprint density at radius 2 is 0.957 bits per heavy atom. The molecule has 352 valence electrons. The Morgan fingerprint density at radius 1 is 0.471 bits per heavy atom. The topological polar surface area (TPSA) is 189 Å². The van der Waals surface area contributed by atoms with E-state index in [2.05, 4.69) is 36.2 Å². The van der Waals surface area contributed by atoms with Crippen LogP contribution in [0.15, 0.2) is 175 Å². The highest BCUT2D eigenvalue weighted by atomic mass is 35.5. The second-order valence-electron chi connectivity index (χ2n) is 15.2. The zero-order valence-electron chi connectivity index (χ0n) is 36.8. The third-order valence-electron chi connectivity index (χ3n) is 10.2. The lowest BCUT2D eigenvalue weighted by molar-refractivity contribution is 0.0940. The van der Waals surface area contributed by atoms with Crippen LogP contribution in [0.5, 0.6) is 0 Å². The van der Waals surface area contributed by atoms with Crippen LogP contribution >= 0.6 is 46.4 Å². The SMILES string of the molecule is CS(=O)(=O)c1ccc(CNC(=O)c2ccc(C(=O)Nc3ccc(Cl)c(-c4ccccn4)c3)c(Cl)c2)cc1.O=C(NCc1ccc(C(=O)Nc2ccc(Cl)c(-c3ccccn3)c2)c(Cl)c1)c1ccccn1. The number of rotatable bonds is 13. The maximum absolute atomic E-state index is 12.9. The van der Waals surface area contributed by atoms with Crippen molar-refractivity contribution in [2.45, 2.75) is 18.0 Å². The van der Waals surface area contributed by atoms with Gasteiger partial charge in [0, 0.05) is 66.0 Å². The molecule has 4 N–H and O–H groups in total. The number of hydrogen-bond donors (Lipinski definition) is 4. The van der Waals surface area contributed by atoms with E-state index in [0.717, 1.165) is 17.4 Å². The molecule has 0 spiro atoms. The molecule has 0 saturated heterocycles. The predicted molar refractivity (Wildman–Crippen MR) is 274 cm³/mol. The van der Waals surface area contributed by atoms with Gasteiger partial charge in [-0.2, -0.15) is 0 Å². The molecule has 0 atom stereocenters. The molecule has 0 aliphatic carbocycles. The summed E-state index contributed by atoms with van der Waals surface area (Å²) < 4.78 is 23.1. The second kappa shape index (κ2) is 23.2. The number of halogens is 4. The molecule has 8 aromatic rings. The van der Waals surface area contributed by atoms with Gasteiger partial charge in [0.15, 0.2) is 9.84 Å². The van der Waals surface area contributed by atoms with Crippen molar-refractivity contribution in [3.05, 3.63) is 224 Å². The van der Waals surface area contributed by atoms with Gasteiger partial charge in [-0.25, -0.2) is 8.42 Å². The molecule has 0 bridgehead atoms. The third-order valence-corrected chi connectivity index (χ3v) is 12.7. The molecule has 70 heavy (non-hydrogen) atoms. The Morgan fingerprint density at radius 3 is 1.44 bits per heavy atom. The van der Waals surface area contributed by atoms with Gasteiger partial charge in [-0.3, -0.25) is 34.1 Å². The normalized spacial score (nSPS) is 10.8. The van der Waals surface area contributed by atoms with Gasteiger partial charge in [0.2, 0.25) is 0 Å². The molecule has 4 amide bonds. The second-order valence-corrected chi connectivity index (χ2v) is 18.9. The van der Waals surface area contributed by atoms with Crippen LogP contribution in [0, 0.1) is 0 Å². The van der Waals surface area contributed by atoms with Crippen LogP contribution in [0.25, 0.3) is 22.5 Å². The minimum atomic E-state index is -3.29. The minimum absolute atomic E-state index is 0.113. The van der Waals surface area contributed by atoms with E-state index in [9.17, 15) is 27.6 Å². The zero-order valence-corrected chi connectivity index (χ0v) is 40.6. The van der Waals surface area contributed by atoms with Crippen molar-refractivity contribution in [1.82, 2.24) is 25.6 Å². The highest BCUT2D eigenvalue weighted by Gasteiger charge is 2.17. The highest BCUT2D eigenvalue weighted by molar-refractivity contribution is 7.90. The van der Waals surface area contributed by atoms with Gasteiger partial charge in [0.25, 0.3) is 23.6 Å². The number of carbonyl (C=O) groups is 4. The maximum atomic E-state index is 12.9. The molecule has 0 aliphatic heterocycles. The van der Waals surface area contributed by atoms with E-state index in [1.165, 1.54) is 30.3 Å². The summed E-state index contributed by atoms with van der Waals surface area (Å²) in [5, 5.41) is 12.6. The van der Waals surface area contributed by atoms with E-state index in [1.54, 1.807) is 110 Å². The molecule has 18 heteroatoms. The molecular formula is C52H39Cl4N7O6S. The summed E-state index contributed by atoms with van der Waals surface area (Å²) in [6.45, 7) is 0.444. The van der Waals surface area contributed by atoms with E-state index in [1.807, 2.05) is 30.3 Å². The van der Waals surface area contributed by atoms with Gasteiger partial charge in [0.1, 0.15) is 5.69 Å². The Labute approximate surface area is 423 Å². The van der Waals surface area contributed by atoms with Gasteiger partial charge in [0.05, 0.1) is 47.5 Å². The van der Waals surface area contributed by atoms with Crippen LogP contribution in [0.4, 0.5) is 11.4 Å². The number of pyridine rings is 3. The Bertz CT molecular complexity index is 3320. The number of nitrogens with zero attached hydrogens (tertiary/aromatic N) is 3. The molecule has 5 aromatic carbocycles. The van der Waals surface area contributed by atoms with Gasteiger partial charge >= 0.3 is 0 Å². The van der Waals surface area contributed by atoms with Crippen molar-refractivity contribution < 1.29 is 27.6 Å². The first-order valence-electron chi connectivity index (χ1n) is 21.0. The quantitative estimate of drug-likeness (QED) is 0.0871. The van der Waals surface area contributed by atoms with Crippen LogP contribution in [-0.2, 0) is 22.9 Å². The predicted octanol–water partition coefficient (Wildman–Crippen LogP) is 11.3. The number of benzene rings is 5. The largest absolute Gasteiger partial charge is 0.348 e. The standard InChI is InChI=1S/C27H21Cl2N3O4S.C25H18Cl2N4O2/c1-37(35,36)20-9-5-17(6-10-20)16-31-26(33)18-7-11-21(24(29)14-18)27(34)32-19-8-12-23(28)22(15-19)25-4-2-3-13-30-25;26-20-10-8-17(14-19(20)22-5-1-3-11-28-22)31-24(32)18-9-7-16(13-21(18)27)15-30-25(33)23-6-2-4-12-29-23/h2-15H,16H2,1H3,(H,31,33)(H,32,34);1-14H,15H2,(H,30,33)(H,31,32). The van der Waals surface area contributed by atoms with E-state index >= 15 is 0 Å².